The Morgan fingerprint density at radius 2 is 2.40 bits per heavy atom. The zero-order valence-electron chi connectivity index (χ0n) is 6.81. The highest BCUT2D eigenvalue weighted by atomic mass is 16.7. The molecule has 0 aromatic heterocycles. The first-order chi connectivity index (χ1) is 4.64. The predicted molar refractivity (Wildman–Crippen MR) is 38.6 cm³/mol. The van der Waals surface area contributed by atoms with Crippen molar-refractivity contribution in [1.29, 1.82) is 0 Å². The molecule has 1 aliphatic rings. The number of rotatable bonds is 2. The van der Waals surface area contributed by atoms with Gasteiger partial charge in [-0.2, -0.15) is 0 Å². The van der Waals surface area contributed by atoms with Crippen molar-refractivity contribution >= 4 is 0 Å². The van der Waals surface area contributed by atoms with Crippen LogP contribution in [0.4, 0.5) is 0 Å². The van der Waals surface area contributed by atoms with E-state index in [4.69, 9.17) is 9.47 Å². The monoisotopic (exact) mass is 145 g/mol. The van der Waals surface area contributed by atoms with Gasteiger partial charge in [0.25, 0.3) is 0 Å². The molecule has 3 nitrogen and oxygen atoms in total. The molecule has 0 radical (unpaired) electrons. The van der Waals surface area contributed by atoms with E-state index in [1.807, 2.05) is 6.92 Å². The van der Waals surface area contributed by atoms with Gasteiger partial charge in [0.05, 0.1) is 6.61 Å². The molecule has 0 aromatic carbocycles. The number of hydrogen-bond donors (Lipinski definition) is 1. The molecule has 1 aliphatic heterocycles. The number of hydrogen-bond acceptors (Lipinski definition) is 3. The summed E-state index contributed by atoms with van der Waals surface area (Å²) in [6.45, 7) is 7.54. The van der Waals surface area contributed by atoms with E-state index >= 15 is 0 Å². The van der Waals surface area contributed by atoms with Crippen LogP contribution in [0.1, 0.15) is 20.8 Å². The van der Waals surface area contributed by atoms with Crippen LogP contribution in [0, 0.1) is 0 Å². The molecule has 10 heavy (non-hydrogen) atoms. The zero-order valence-corrected chi connectivity index (χ0v) is 6.81. The standard InChI is InChI=1S/C7H15NO2/c1-4-9-6-8-7(2,3)5-10-6/h6,8H,4-5H2,1-3H3/t6-/m1/s1. The third-order valence-electron chi connectivity index (χ3n) is 1.42. The fourth-order valence-corrected chi connectivity index (χ4v) is 0.928. The normalized spacial score (nSPS) is 30.9. The van der Waals surface area contributed by atoms with E-state index in [-0.39, 0.29) is 12.0 Å². The van der Waals surface area contributed by atoms with Crippen molar-refractivity contribution in [1.82, 2.24) is 5.32 Å². The summed E-state index contributed by atoms with van der Waals surface area (Å²) in [5.74, 6) is 0. The molecule has 0 spiro atoms. The van der Waals surface area contributed by atoms with Gasteiger partial charge in [-0.1, -0.05) is 0 Å². The molecule has 0 aromatic rings. The summed E-state index contributed by atoms with van der Waals surface area (Å²) in [7, 11) is 0. The average molecular weight is 145 g/mol. The lowest BCUT2D eigenvalue weighted by Crippen LogP contribution is -2.40. The summed E-state index contributed by atoms with van der Waals surface area (Å²) < 4.78 is 10.5. The highest BCUT2D eigenvalue weighted by Gasteiger charge is 2.30. The summed E-state index contributed by atoms with van der Waals surface area (Å²) in [5.41, 5.74) is 0.0693. The van der Waals surface area contributed by atoms with Crippen molar-refractivity contribution in [3.05, 3.63) is 0 Å². The summed E-state index contributed by atoms with van der Waals surface area (Å²) in [6, 6.07) is 0. The fraction of sp³-hybridized carbons (Fsp3) is 1.00. The molecule has 3 heteroatoms. The van der Waals surface area contributed by atoms with Gasteiger partial charge in [-0.05, 0) is 20.8 Å². The molecule has 0 aliphatic carbocycles. The Balaban J connectivity index is 2.29. The molecule has 0 unspecified atom stereocenters. The Hall–Kier alpha value is -0.120. The molecule has 1 rings (SSSR count). The van der Waals surface area contributed by atoms with Crippen LogP contribution in [-0.2, 0) is 9.47 Å². The van der Waals surface area contributed by atoms with E-state index in [0.29, 0.717) is 6.61 Å². The van der Waals surface area contributed by atoms with Gasteiger partial charge in [-0.3, -0.25) is 5.32 Å². The lowest BCUT2D eigenvalue weighted by Gasteiger charge is -2.16. The third kappa shape index (κ3) is 1.94. The first-order valence-electron chi connectivity index (χ1n) is 3.65. The van der Waals surface area contributed by atoms with Gasteiger partial charge in [-0.25, -0.2) is 0 Å². The van der Waals surface area contributed by atoms with Crippen molar-refractivity contribution < 1.29 is 9.47 Å². The van der Waals surface area contributed by atoms with Gasteiger partial charge >= 0.3 is 0 Å². The zero-order chi connectivity index (χ0) is 7.61. The quantitative estimate of drug-likeness (QED) is 0.620. The Bertz CT molecular complexity index is 114. The maximum atomic E-state index is 5.28. The van der Waals surface area contributed by atoms with Crippen LogP contribution in [0.25, 0.3) is 0 Å². The molecule has 0 bridgehead atoms. The van der Waals surface area contributed by atoms with Crippen LogP contribution in [0.5, 0.6) is 0 Å². The fourth-order valence-electron chi connectivity index (χ4n) is 0.928. The number of ether oxygens (including phenoxy) is 2. The molecule has 1 heterocycles. The minimum atomic E-state index is -0.194. The smallest absolute Gasteiger partial charge is 0.216 e. The Kier molecular flexibility index (Phi) is 2.28. The van der Waals surface area contributed by atoms with Crippen LogP contribution in [0.3, 0.4) is 0 Å². The van der Waals surface area contributed by atoms with Crippen LogP contribution in [0.15, 0.2) is 0 Å². The molecular weight excluding hydrogens is 130 g/mol. The van der Waals surface area contributed by atoms with Crippen molar-refractivity contribution in [3.8, 4) is 0 Å². The molecule has 60 valence electrons. The van der Waals surface area contributed by atoms with Crippen LogP contribution >= 0.6 is 0 Å². The third-order valence-corrected chi connectivity index (χ3v) is 1.42. The Morgan fingerprint density at radius 1 is 1.70 bits per heavy atom. The minimum absolute atomic E-state index is 0.0693. The average Bonchev–Trinajstić information content (AvgIpc) is 2.12. The lowest BCUT2D eigenvalue weighted by atomic mass is 10.1. The van der Waals surface area contributed by atoms with Crippen LogP contribution in [0.2, 0.25) is 0 Å². The summed E-state index contributed by atoms with van der Waals surface area (Å²) >= 11 is 0. The second kappa shape index (κ2) is 2.86. The van der Waals surface area contributed by atoms with Gasteiger partial charge in [0.2, 0.25) is 6.41 Å². The van der Waals surface area contributed by atoms with Crippen molar-refractivity contribution in [2.75, 3.05) is 13.2 Å². The molecule has 0 saturated carbocycles. The molecule has 1 saturated heterocycles. The maximum absolute atomic E-state index is 5.28. The molecular formula is C7H15NO2. The highest BCUT2D eigenvalue weighted by molar-refractivity contribution is 4.81. The van der Waals surface area contributed by atoms with Gasteiger partial charge in [-0.15, -0.1) is 0 Å². The highest BCUT2D eigenvalue weighted by Crippen LogP contribution is 2.13. The predicted octanol–water partition coefficient (Wildman–Crippen LogP) is 0.705. The first-order valence-corrected chi connectivity index (χ1v) is 3.65. The Morgan fingerprint density at radius 3 is 2.80 bits per heavy atom. The largest absolute Gasteiger partial charge is 0.340 e. The first kappa shape index (κ1) is 7.98. The topological polar surface area (TPSA) is 30.5 Å². The van der Waals surface area contributed by atoms with Gasteiger partial charge in [0, 0.05) is 12.1 Å². The molecule has 1 atom stereocenters. The number of nitrogens with one attached hydrogen (secondary N) is 1. The summed E-state index contributed by atoms with van der Waals surface area (Å²) in [5, 5.41) is 3.19. The van der Waals surface area contributed by atoms with E-state index in [1.165, 1.54) is 0 Å². The maximum Gasteiger partial charge on any atom is 0.216 e. The van der Waals surface area contributed by atoms with E-state index < -0.39 is 0 Å². The van der Waals surface area contributed by atoms with Crippen LogP contribution in [-0.4, -0.2) is 25.2 Å². The molecule has 0 amide bonds. The van der Waals surface area contributed by atoms with E-state index in [2.05, 4.69) is 19.2 Å². The van der Waals surface area contributed by atoms with Gasteiger partial charge in [0.1, 0.15) is 0 Å². The summed E-state index contributed by atoms with van der Waals surface area (Å²) in [4.78, 5) is 0. The van der Waals surface area contributed by atoms with Gasteiger partial charge < -0.3 is 9.47 Å². The SMILES string of the molecule is CCO[C@H]1NC(C)(C)CO1. The second-order valence-corrected chi connectivity index (χ2v) is 3.13. The van der Waals surface area contributed by atoms with Crippen molar-refractivity contribution in [3.63, 3.8) is 0 Å². The van der Waals surface area contributed by atoms with E-state index in [0.717, 1.165) is 6.61 Å². The lowest BCUT2D eigenvalue weighted by molar-refractivity contribution is -0.118. The minimum Gasteiger partial charge on any atom is -0.340 e. The second-order valence-electron chi connectivity index (χ2n) is 3.13. The molecule has 1 N–H and O–H groups in total. The van der Waals surface area contributed by atoms with E-state index in [9.17, 15) is 0 Å². The molecule has 1 fully saturated rings. The van der Waals surface area contributed by atoms with E-state index in [1.54, 1.807) is 0 Å². The van der Waals surface area contributed by atoms with Gasteiger partial charge in [0.15, 0.2) is 0 Å². The van der Waals surface area contributed by atoms with Crippen molar-refractivity contribution in [2.24, 2.45) is 0 Å². The Labute approximate surface area is 61.7 Å². The van der Waals surface area contributed by atoms with Crippen LogP contribution < -0.4 is 5.32 Å². The summed E-state index contributed by atoms with van der Waals surface area (Å²) in [6.07, 6.45) is -0.194. The van der Waals surface area contributed by atoms with Crippen molar-refractivity contribution in [2.45, 2.75) is 32.7 Å².